The van der Waals surface area contributed by atoms with Crippen molar-refractivity contribution in [2.45, 2.75) is 6.54 Å². The molecule has 0 saturated carbocycles. The fraction of sp³-hybridized carbons (Fsp3) is 0.278. The van der Waals surface area contributed by atoms with Crippen molar-refractivity contribution < 1.29 is 14.3 Å². The molecule has 1 heterocycles. The predicted octanol–water partition coefficient (Wildman–Crippen LogP) is 3.47. The zero-order valence-corrected chi connectivity index (χ0v) is 14.8. The molecule has 0 spiro atoms. The minimum Gasteiger partial charge on any atom is -0.465 e. The third kappa shape index (κ3) is 3.94. The van der Waals surface area contributed by atoms with Gasteiger partial charge in [-0.1, -0.05) is 23.7 Å². The average Bonchev–Trinajstić information content (AvgIpc) is 2.64. The maximum atomic E-state index is 13.2. The SMILES string of the molecule is Nc1c(NCc2ccc(F)c(Cl)c2)cccc1N1CCN(C(=O)O)CC1. The second kappa shape index (κ2) is 7.70. The summed E-state index contributed by atoms with van der Waals surface area (Å²) in [5.74, 6) is -0.447. The van der Waals surface area contributed by atoms with E-state index < -0.39 is 11.9 Å². The maximum Gasteiger partial charge on any atom is 0.407 e. The van der Waals surface area contributed by atoms with E-state index in [0.717, 1.165) is 16.9 Å². The Morgan fingerprint density at radius 3 is 2.62 bits per heavy atom. The van der Waals surface area contributed by atoms with Gasteiger partial charge in [0.2, 0.25) is 0 Å². The molecule has 6 nitrogen and oxygen atoms in total. The van der Waals surface area contributed by atoms with Gasteiger partial charge in [-0.05, 0) is 29.8 Å². The minimum absolute atomic E-state index is 0.0855. The highest BCUT2D eigenvalue weighted by molar-refractivity contribution is 6.30. The smallest absolute Gasteiger partial charge is 0.407 e. The normalized spacial score (nSPS) is 14.4. The molecule has 1 aliphatic rings. The number of nitrogens with one attached hydrogen (secondary N) is 1. The van der Waals surface area contributed by atoms with E-state index in [-0.39, 0.29) is 5.02 Å². The van der Waals surface area contributed by atoms with E-state index in [1.165, 1.54) is 11.0 Å². The third-order valence-electron chi connectivity index (χ3n) is 4.44. The number of piperazine rings is 1. The fourth-order valence-corrected chi connectivity index (χ4v) is 3.17. The Morgan fingerprint density at radius 2 is 1.96 bits per heavy atom. The second-order valence-corrected chi connectivity index (χ2v) is 6.50. The number of para-hydroxylation sites is 1. The highest BCUT2D eigenvalue weighted by Gasteiger charge is 2.22. The van der Waals surface area contributed by atoms with E-state index in [2.05, 4.69) is 10.2 Å². The molecule has 26 heavy (non-hydrogen) atoms. The first-order valence-corrected chi connectivity index (χ1v) is 8.62. The standard InChI is InChI=1S/C18H20ClFN4O2/c19-13-10-12(4-5-14(13)20)11-22-15-2-1-3-16(17(15)21)23-6-8-24(9-7-23)18(25)26/h1-5,10,22H,6-9,11,21H2,(H,25,26). The Bertz CT molecular complexity index is 810. The lowest BCUT2D eigenvalue weighted by Crippen LogP contribution is -2.48. The van der Waals surface area contributed by atoms with Crippen molar-refractivity contribution in [2.24, 2.45) is 0 Å². The lowest BCUT2D eigenvalue weighted by atomic mass is 10.1. The molecule has 138 valence electrons. The average molecular weight is 379 g/mol. The summed E-state index contributed by atoms with van der Waals surface area (Å²) in [5.41, 5.74) is 9.39. The lowest BCUT2D eigenvalue weighted by molar-refractivity contribution is 0.142. The third-order valence-corrected chi connectivity index (χ3v) is 4.73. The number of benzene rings is 2. The predicted molar refractivity (Wildman–Crippen MR) is 101 cm³/mol. The van der Waals surface area contributed by atoms with E-state index >= 15 is 0 Å². The summed E-state index contributed by atoms with van der Waals surface area (Å²) in [6, 6.07) is 10.3. The number of rotatable bonds is 4. The van der Waals surface area contributed by atoms with E-state index in [9.17, 15) is 9.18 Å². The number of hydrogen-bond donors (Lipinski definition) is 3. The number of amides is 1. The van der Waals surface area contributed by atoms with Gasteiger partial charge in [0.25, 0.3) is 0 Å². The first-order valence-electron chi connectivity index (χ1n) is 8.25. The Balaban J connectivity index is 1.69. The molecule has 3 rings (SSSR count). The van der Waals surface area contributed by atoms with Crippen LogP contribution in [0.4, 0.5) is 26.2 Å². The van der Waals surface area contributed by atoms with Gasteiger partial charge in [0.1, 0.15) is 5.82 Å². The number of nitrogen functional groups attached to an aromatic ring is 1. The Labute approximate surface area is 156 Å². The highest BCUT2D eigenvalue weighted by Crippen LogP contribution is 2.31. The van der Waals surface area contributed by atoms with E-state index in [1.54, 1.807) is 12.1 Å². The second-order valence-electron chi connectivity index (χ2n) is 6.10. The van der Waals surface area contributed by atoms with Crippen LogP contribution in [0.5, 0.6) is 0 Å². The summed E-state index contributed by atoms with van der Waals surface area (Å²) in [6.45, 7) is 2.53. The zero-order valence-electron chi connectivity index (χ0n) is 14.1. The van der Waals surface area contributed by atoms with Gasteiger partial charge in [-0.25, -0.2) is 9.18 Å². The Kier molecular flexibility index (Phi) is 5.37. The summed E-state index contributed by atoms with van der Waals surface area (Å²) in [5, 5.41) is 12.4. The van der Waals surface area contributed by atoms with Crippen molar-refractivity contribution in [2.75, 3.05) is 42.1 Å². The van der Waals surface area contributed by atoms with Crippen LogP contribution in [-0.2, 0) is 6.54 Å². The van der Waals surface area contributed by atoms with Crippen molar-refractivity contribution in [3.8, 4) is 0 Å². The van der Waals surface area contributed by atoms with Gasteiger partial charge in [0, 0.05) is 32.7 Å². The van der Waals surface area contributed by atoms with Gasteiger partial charge in [-0.3, -0.25) is 0 Å². The van der Waals surface area contributed by atoms with Gasteiger partial charge >= 0.3 is 6.09 Å². The van der Waals surface area contributed by atoms with Crippen molar-refractivity contribution in [3.05, 3.63) is 52.8 Å². The molecular weight excluding hydrogens is 359 g/mol. The molecule has 0 aliphatic carbocycles. The molecule has 1 fully saturated rings. The number of carbonyl (C=O) groups is 1. The van der Waals surface area contributed by atoms with Crippen LogP contribution >= 0.6 is 11.6 Å². The number of nitrogens with two attached hydrogens (primary N) is 1. The summed E-state index contributed by atoms with van der Waals surface area (Å²) in [7, 11) is 0. The van der Waals surface area contributed by atoms with Crippen LogP contribution in [0, 0.1) is 5.82 Å². The number of halogens is 2. The molecule has 0 aromatic heterocycles. The van der Waals surface area contributed by atoms with E-state index in [1.807, 2.05) is 18.2 Å². The lowest BCUT2D eigenvalue weighted by Gasteiger charge is -2.35. The van der Waals surface area contributed by atoms with Crippen LogP contribution in [0.1, 0.15) is 5.56 Å². The van der Waals surface area contributed by atoms with Crippen molar-refractivity contribution in [3.63, 3.8) is 0 Å². The Morgan fingerprint density at radius 1 is 1.23 bits per heavy atom. The molecule has 2 aromatic rings. The molecule has 4 N–H and O–H groups in total. The molecule has 0 atom stereocenters. The number of hydrogen-bond acceptors (Lipinski definition) is 4. The number of carboxylic acid groups (broad SMARTS) is 1. The highest BCUT2D eigenvalue weighted by atomic mass is 35.5. The van der Waals surface area contributed by atoms with Gasteiger partial charge in [-0.15, -0.1) is 0 Å². The van der Waals surface area contributed by atoms with Crippen LogP contribution in [0.2, 0.25) is 5.02 Å². The molecule has 2 aromatic carbocycles. The topological polar surface area (TPSA) is 81.8 Å². The fourth-order valence-electron chi connectivity index (χ4n) is 2.97. The number of nitrogens with zero attached hydrogens (tertiary/aromatic N) is 2. The van der Waals surface area contributed by atoms with Crippen LogP contribution in [0.25, 0.3) is 0 Å². The van der Waals surface area contributed by atoms with Crippen LogP contribution in [0.3, 0.4) is 0 Å². The zero-order chi connectivity index (χ0) is 18.7. The van der Waals surface area contributed by atoms with Gasteiger partial charge in [0.05, 0.1) is 22.1 Å². The molecule has 0 bridgehead atoms. The Hall–Kier alpha value is -2.67. The molecule has 8 heteroatoms. The van der Waals surface area contributed by atoms with Crippen LogP contribution in [0.15, 0.2) is 36.4 Å². The largest absolute Gasteiger partial charge is 0.465 e. The van der Waals surface area contributed by atoms with Crippen LogP contribution < -0.4 is 16.0 Å². The molecule has 1 saturated heterocycles. The van der Waals surface area contributed by atoms with Crippen molar-refractivity contribution >= 4 is 34.8 Å². The first kappa shape index (κ1) is 18.1. The van der Waals surface area contributed by atoms with Gasteiger partial charge < -0.3 is 26.0 Å². The van der Waals surface area contributed by atoms with E-state index in [4.69, 9.17) is 22.4 Å². The monoisotopic (exact) mass is 378 g/mol. The summed E-state index contributed by atoms with van der Waals surface area (Å²) >= 11 is 5.81. The maximum absolute atomic E-state index is 13.2. The van der Waals surface area contributed by atoms with Gasteiger partial charge in [0.15, 0.2) is 0 Å². The summed E-state index contributed by atoms with van der Waals surface area (Å²) < 4.78 is 13.2. The number of anilines is 3. The van der Waals surface area contributed by atoms with Crippen molar-refractivity contribution in [1.82, 2.24) is 4.90 Å². The molecular formula is C18H20ClFN4O2. The van der Waals surface area contributed by atoms with Crippen LogP contribution in [-0.4, -0.2) is 42.3 Å². The van der Waals surface area contributed by atoms with Gasteiger partial charge in [-0.2, -0.15) is 0 Å². The van der Waals surface area contributed by atoms with E-state index in [0.29, 0.717) is 38.4 Å². The quantitative estimate of drug-likeness (QED) is 0.710. The molecule has 1 amide bonds. The minimum atomic E-state index is -0.897. The summed E-state index contributed by atoms with van der Waals surface area (Å²) in [4.78, 5) is 14.5. The molecule has 0 radical (unpaired) electrons. The molecule has 0 unspecified atom stereocenters. The summed E-state index contributed by atoms with van der Waals surface area (Å²) in [6.07, 6.45) is -0.897. The van der Waals surface area contributed by atoms with Crippen molar-refractivity contribution in [1.29, 1.82) is 0 Å². The first-order chi connectivity index (χ1) is 12.5. The molecule has 1 aliphatic heterocycles.